The monoisotopic (exact) mass is 286 g/mol. The molecule has 1 aromatic rings. The Kier molecular flexibility index (Phi) is 3.85. The summed E-state index contributed by atoms with van der Waals surface area (Å²) in [5.41, 5.74) is 6.12. The van der Waals surface area contributed by atoms with Gasteiger partial charge in [0, 0.05) is 21.8 Å². The van der Waals surface area contributed by atoms with Crippen molar-refractivity contribution in [3.8, 4) is 0 Å². The first-order valence-corrected chi connectivity index (χ1v) is 6.70. The summed E-state index contributed by atoms with van der Waals surface area (Å²) in [4.78, 5) is 12.3. The first-order valence-electron chi connectivity index (χ1n) is 5.95. The Morgan fingerprint density at radius 1 is 1.39 bits per heavy atom. The summed E-state index contributed by atoms with van der Waals surface area (Å²) in [5.74, 6) is -0.0640. The summed E-state index contributed by atoms with van der Waals surface area (Å²) >= 11 is 11.8. The summed E-state index contributed by atoms with van der Waals surface area (Å²) in [6.07, 6.45) is 2.69. The number of halogens is 2. The quantitative estimate of drug-likeness (QED) is 0.875. The Balaban J connectivity index is 2.16. The van der Waals surface area contributed by atoms with Gasteiger partial charge in [-0.2, -0.15) is 0 Å². The third-order valence-corrected chi connectivity index (χ3v) is 4.11. The minimum absolute atomic E-state index is 0.0640. The first-order chi connectivity index (χ1) is 8.41. The molecule has 5 heteroatoms. The van der Waals surface area contributed by atoms with Crippen LogP contribution < -0.4 is 11.1 Å². The smallest absolute Gasteiger partial charge is 0.231 e. The van der Waals surface area contributed by atoms with Crippen molar-refractivity contribution in [3.05, 3.63) is 28.2 Å². The van der Waals surface area contributed by atoms with Crippen molar-refractivity contribution >= 4 is 34.8 Å². The number of rotatable bonds is 2. The summed E-state index contributed by atoms with van der Waals surface area (Å²) in [5, 5.41) is 3.85. The summed E-state index contributed by atoms with van der Waals surface area (Å²) in [6.45, 7) is 1.91. The van der Waals surface area contributed by atoms with E-state index < -0.39 is 5.41 Å². The highest BCUT2D eigenvalue weighted by atomic mass is 35.5. The molecule has 1 aliphatic carbocycles. The van der Waals surface area contributed by atoms with E-state index in [1.165, 1.54) is 0 Å². The molecule has 1 aromatic carbocycles. The maximum Gasteiger partial charge on any atom is 0.231 e. The lowest BCUT2D eigenvalue weighted by atomic mass is 9.84. The van der Waals surface area contributed by atoms with Crippen molar-refractivity contribution in [1.29, 1.82) is 0 Å². The summed E-state index contributed by atoms with van der Waals surface area (Å²) in [6, 6.07) is 4.89. The largest absolute Gasteiger partial charge is 0.327 e. The molecule has 0 heterocycles. The number of nitrogens with one attached hydrogen (secondary N) is 1. The Labute approximate surface area is 117 Å². The van der Waals surface area contributed by atoms with E-state index in [2.05, 4.69) is 5.32 Å². The third kappa shape index (κ3) is 2.63. The van der Waals surface area contributed by atoms with Crippen LogP contribution in [0.2, 0.25) is 10.0 Å². The van der Waals surface area contributed by atoms with Gasteiger partial charge in [-0.25, -0.2) is 0 Å². The highest BCUT2D eigenvalue weighted by Gasteiger charge is 2.42. The van der Waals surface area contributed by atoms with Crippen molar-refractivity contribution in [1.82, 2.24) is 0 Å². The SMILES string of the molecule is CC1(C(=O)Nc2cc(Cl)cc(Cl)c2)CCCC1N. The summed E-state index contributed by atoms with van der Waals surface area (Å²) in [7, 11) is 0. The molecule has 1 aliphatic rings. The lowest BCUT2D eigenvalue weighted by Crippen LogP contribution is -2.44. The Hall–Kier alpha value is -0.770. The van der Waals surface area contributed by atoms with E-state index in [9.17, 15) is 4.79 Å². The zero-order valence-corrected chi connectivity index (χ0v) is 11.7. The van der Waals surface area contributed by atoms with Crippen LogP contribution in [0.3, 0.4) is 0 Å². The van der Waals surface area contributed by atoms with Crippen molar-refractivity contribution in [2.45, 2.75) is 32.2 Å². The van der Waals surface area contributed by atoms with Crippen LogP contribution in [-0.2, 0) is 4.79 Å². The van der Waals surface area contributed by atoms with Crippen LogP contribution in [-0.4, -0.2) is 11.9 Å². The number of hydrogen-bond donors (Lipinski definition) is 2. The molecule has 2 unspecified atom stereocenters. The van der Waals surface area contributed by atoms with E-state index in [1.807, 2.05) is 6.92 Å². The van der Waals surface area contributed by atoms with Gasteiger partial charge in [0.15, 0.2) is 0 Å². The van der Waals surface area contributed by atoms with Crippen LogP contribution in [0.5, 0.6) is 0 Å². The number of anilines is 1. The maximum atomic E-state index is 12.3. The zero-order valence-electron chi connectivity index (χ0n) is 10.2. The molecule has 2 rings (SSSR count). The molecule has 0 aliphatic heterocycles. The molecule has 0 bridgehead atoms. The maximum absolute atomic E-state index is 12.3. The second-order valence-corrected chi connectivity index (χ2v) is 5.90. The van der Waals surface area contributed by atoms with E-state index >= 15 is 0 Å². The Morgan fingerprint density at radius 2 is 2.00 bits per heavy atom. The first kappa shape index (κ1) is 13.7. The fraction of sp³-hybridized carbons (Fsp3) is 0.462. The standard InChI is InChI=1S/C13H16Cl2N2O/c1-13(4-2-3-11(13)16)12(18)17-10-6-8(14)5-9(15)7-10/h5-7,11H,2-4,16H2,1H3,(H,17,18). The fourth-order valence-electron chi connectivity index (χ4n) is 2.37. The van der Waals surface area contributed by atoms with Gasteiger partial charge >= 0.3 is 0 Å². The van der Waals surface area contributed by atoms with Gasteiger partial charge in [0.1, 0.15) is 0 Å². The zero-order chi connectivity index (χ0) is 13.3. The Bertz CT molecular complexity index is 458. The van der Waals surface area contributed by atoms with E-state index in [4.69, 9.17) is 28.9 Å². The molecule has 3 N–H and O–H groups in total. The second-order valence-electron chi connectivity index (χ2n) is 5.03. The number of carbonyl (C=O) groups is 1. The van der Waals surface area contributed by atoms with Gasteiger partial charge in [-0.3, -0.25) is 4.79 Å². The predicted molar refractivity (Wildman–Crippen MR) is 75.0 cm³/mol. The van der Waals surface area contributed by atoms with Crippen molar-refractivity contribution < 1.29 is 4.79 Å². The third-order valence-electron chi connectivity index (χ3n) is 3.67. The molecular weight excluding hydrogens is 271 g/mol. The highest BCUT2D eigenvalue weighted by Crippen LogP contribution is 2.38. The molecular formula is C13H16Cl2N2O. The van der Waals surface area contributed by atoms with E-state index in [0.717, 1.165) is 19.3 Å². The molecule has 0 spiro atoms. The molecule has 0 aromatic heterocycles. The molecule has 18 heavy (non-hydrogen) atoms. The van der Waals surface area contributed by atoms with Crippen LogP contribution in [0.25, 0.3) is 0 Å². The van der Waals surface area contributed by atoms with Crippen LogP contribution in [0.15, 0.2) is 18.2 Å². The average molecular weight is 287 g/mol. The lowest BCUT2D eigenvalue weighted by molar-refractivity contribution is -0.125. The predicted octanol–water partition coefficient (Wildman–Crippen LogP) is 3.45. The van der Waals surface area contributed by atoms with E-state index in [1.54, 1.807) is 18.2 Å². The van der Waals surface area contributed by atoms with Gasteiger partial charge in [-0.1, -0.05) is 29.6 Å². The van der Waals surface area contributed by atoms with Crippen molar-refractivity contribution in [3.63, 3.8) is 0 Å². The minimum atomic E-state index is -0.505. The summed E-state index contributed by atoms with van der Waals surface area (Å²) < 4.78 is 0. The molecule has 1 fully saturated rings. The second kappa shape index (κ2) is 5.08. The van der Waals surface area contributed by atoms with Gasteiger partial charge in [0.05, 0.1) is 5.41 Å². The van der Waals surface area contributed by atoms with Gasteiger partial charge in [-0.05, 0) is 38.0 Å². The highest BCUT2D eigenvalue weighted by molar-refractivity contribution is 6.35. The van der Waals surface area contributed by atoms with Gasteiger partial charge in [-0.15, -0.1) is 0 Å². The Morgan fingerprint density at radius 3 is 2.50 bits per heavy atom. The molecule has 2 atom stereocenters. The minimum Gasteiger partial charge on any atom is -0.327 e. The van der Waals surface area contributed by atoms with Crippen LogP contribution >= 0.6 is 23.2 Å². The molecule has 0 saturated heterocycles. The average Bonchev–Trinajstić information content (AvgIpc) is 2.59. The number of carbonyl (C=O) groups excluding carboxylic acids is 1. The van der Waals surface area contributed by atoms with Gasteiger partial charge in [0.25, 0.3) is 0 Å². The fourth-order valence-corrected chi connectivity index (χ4v) is 2.90. The van der Waals surface area contributed by atoms with E-state index in [-0.39, 0.29) is 11.9 Å². The van der Waals surface area contributed by atoms with Crippen molar-refractivity contribution in [2.75, 3.05) is 5.32 Å². The topological polar surface area (TPSA) is 55.1 Å². The van der Waals surface area contributed by atoms with Crippen molar-refractivity contribution in [2.24, 2.45) is 11.1 Å². The number of benzene rings is 1. The van der Waals surface area contributed by atoms with Crippen LogP contribution in [0.4, 0.5) is 5.69 Å². The van der Waals surface area contributed by atoms with E-state index in [0.29, 0.717) is 15.7 Å². The molecule has 0 radical (unpaired) electrons. The normalized spacial score (nSPS) is 27.2. The molecule has 1 amide bonds. The van der Waals surface area contributed by atoms with Gasteiger partial charge < -0.3 is 11.1 Å². The van der Waals surface area contributed by atoms with Crippen LogP contribution in [0, 0.1) is 5.41 Å². The number of nitrogens with two attached hydrogens (primary N) is 1. The number of hydrogen-bond acceptors (Lipinski definition) is 2. The molecule has 1 saturated carbocycles. The molecule has 3 nitrogen and oxygen atoms in total. The number of amides is 1. The molecule has 98 valence electrons. The lowest BCUT2D eigenvalue weighted by Gasteiger charge is -2.27. The van der Waals surface area contributed by atoms with Crippen LogP contribution in [0.1, 0.15) is 26.2 Å². The van der Waals surface area contributed by atoms with Gasteiger partial charge in [0.2, 0.25) is 5.91 Å².